The summed E-state index contributed by atoms with van der Waals surface area (Å²) >= 11 is 12.8. The third-order valence-electron chi connectivity index (χ3n) is 9.77. The Hall–Kier alpha value is -4.76. The average molecular weight is 727 g/mol. The first kappa shape index (κ1) is 34.7. The van der Waals surface area contributed by atoms with Crippen LogP contribution in [0.1, 0.15) is 79.3 Å². The Morgan fingerprint density at radius 2 is 1.84 bits per heavy atom. The third-order valence-corrected chi connectivity index (χ3v) is 10.3. The van der Waals surface area contributed by atoms with Crippen LogP contribution in [0.15, 0.2) is 67.0 Å². The lowest BCUT2D eigenvalue weighted by Gasteiger charge is -2.40. The van der Waals surface area contributed by atoms with E-state index >= 15 is 0 Å². The van der Waals surface area contributed by atoms with Gasteiger partial charge >= 0.3 is 0 Å². The minimum Gasteiger partial charge on any atom is -0.371 e. The van der Waals surface area contributed by atoms with Gasteiger partial charge in [0.2, 0.25) is 0 Å². The molecule has 0 aliphatic carbocycles. The highest BCUT2D eigenvalue weighted by molar-refractivity contribution is 6.32. The molecule has 7 rings (SSSR count). The van der Waals surface area contributed by atoms with Crippen LogP contribution >= 0.6 is 23.2 Å². The highest BCUT2D eigenvalue weighted by atomic mass is 35.5. The van der Waals surface area contributed by atoms with Crippen molar-refractivity contribution in [3.8, 4) is 6.07 Å². The van der Waals surface area contributed by atoms with Gasteiger partial charge in [0.05, 0.1) is 45.8 Å². The molecule has 262 valence electrons. The van der Waals surface area contributed by atoms with E-state index < -0.39 is 11.9 Å². The normalized spacial score (nSPS) is 16.1. The number of nitrogens with zero attached hydrogens (tertiary/aromatic N) is 7. The molecule has 2 aliphatic rings. The molecule has 13 heteroatoms. The van der Waals surface area contributed by atoms with Crippen LogP contribution in [-0.4, -0.2) is 67.4 Å². The van der Waals surface area contributed by atoms with Gasteiger partial charge in [0.25, 0.3) is 5.91 Å². The largest absolute Gasteiger partial charge is 0.371 e. The Kier molecular flexibility index (Phi) is 9.59. The first-order valence-corrected chi connectivity index (χ1v) is 17.8. The van der Waals surface area contributed by atoms with Crippen molar-refractivity contribution in [3.05, 3.63) is 105 Å². The fraction of sp³-hybridized carbons (Fsp3) is 0.342. The fourth-order valence-corrected chi connectivity index (χ4v) is 7.15. The van der Waals surface area contributed by atoms with Crippen molar-refractivity contribution in [2.75, 3.05) is 36.8 Å². The molecule has 1 amide bonds. The van der Waals surface area contributed by atoms with Gasteiger partial charge in [-0.15, -0.1) is 5.10 Å². The van der Waals surface area contributed by atoms with Gasteiger partial charge in [0, 0.05) is 59.6 Å². The summed E-state index contributed by atoms with van der Waals surface area (Å²) in [5.41, 5.74) is 4.51. The molecule has 0 radical (unpaired) electrons. The number of aromatic nitrogens is 4. The lowest BCUT2D eigenvalue weighted by atomic mass is 9.98. The van der Waals surface area contributed by atoms with E-state index in [1.807, 2.05) is 40.0 Å². The summed E-state index contributed by atoms with van der Waals surface area (Å²) in [6.07, 6.45) is 6.38. The van der Waals surface area contributed by atoms with Crippen molar-refractivity contribution in [1.82, 2.24) is 29.8 Å². The van der Waals surface area contributed by atoms with Crippen LogP contribution in [0, 0.1) is 17.1 Å². The predicted octanol–water partition coefficient (Wildman–Crippen LogP) is 8.37. The van der Waals surface area contributed by atoms with Crippen LogP contribution in [0.25, 0.3) is 10.9 Å². The Labute approximate surface area is 306 Å². The topological polar surface area (TPSA) is 115 Å². The standard InChI is InChI=1S/C38H38Cl2FN9O/c1-38(2,3)49-14-10-28(11-15-49)50-22-33(46-47-50)35(23-6-4-7-24(16-23)37(51)48-12-5-13-48)45-32-18-26(39)17-29-34(25(20-42)21-43-36(29)32)44-27-8-9-31(41)30(40)19-27/h4,6-9,16-19,21-22,28,35,45H,5,10-15H2,1-3H3,(H,43,44)/t35-/m0/s1. The minimum atomic E-state index is -0.550. The van der Waals surface area contributed by atoms with Crippen molar-refractivity contribution in [1.29, 1.82) is 5.26 Å². The summed E-state index contributed by atoms with van der Waals surface area (Å²) in [4.78, 5) is 22.3. The van der Waals surface area contributed by atoms with Crippen molar-refractivity contribution in [2.24, 2.45) is 0 Å². The number of nitriles is 1. The summed E-state index contributed by atoms with van der Waals surface area (Å²) in [6.45, 7) is 10.2. The Bertz CT molecular complexity index is 2150. The maximum atomic E-state index is 14.0. The number of anilines is 3. The minimum absolute atomic E-state index is 0.00775. The molecule has 0 spiro atoms. The van der Waals surface area contributed by atoms with Gasteiger partial charge < -0.3 is 15.5 Å². The molecule has 0 saturated carbocycles. The molecule has 1 atom stereocenters. The molecule has 2 aliphatic heterocycles. The molecular formula is C38H38Cl2FN9O. The van der Waals surface area contributed by atoms with Gasteiger partial charge in [-0.1, -0.05) is 40.5 Å². The Balaban J connectivity index is 1.28. The van der Waals surface area contributed by atoms with E-state index in [0.717, 1.165) is 51.0 Å². The number of hydrogen-bond acceptors (Lipinski definition) is 8. The van der Waals surface area contributed by atoms with Gasteiger partial charge in [0.15, 0.2) is 0 Å². The zero-order valence-corrected chi connectivity index (χ0v) is 30.1. The van der Waals surface area contributed by atoms with Crippen molar-refractivity contribution >= 4 is 57.1 Å². The van der Waals surface area contributed by atoms with Gasteiger partial charge in [0.1, 0.15) is 17.6 Å². The second kappa shape index (κ2) is 14.1. The van der Waals surface area contributed by atoms with E-state index in [2.05, 4.69) is 57.7 Å². The molecule has 5 aromatic rings. The second-order valence-corrected chi connectivity index (χ2v) is 15.0. The molecule has 10 nitrogen and oxygen atoms in total. The molecule has 2 aromatic heterocycles. The van der Waals surface area contributed by atoms with Crippen LogP contribution in [0.4, 0.5) is 21.5 Å². The number of nitrogens with one attached hydrogen (secondary N) is 2. The highest BCUT2D eigenvalue weighted by Crippen LogP contribution is 2.38. The lowest BCUT2D eigenvalue weighted by Crippen LogP contribution is -2.46. The number of benzene rings is 3. The summed E-state index contributed by atoms with van der Waals surface area (Å²) in [7, 11) is 0. The van der Waals surface area contributed by atoms with Gasteiger partial charge in [-0.3, -0.25) is 14.7 Å². The van der Waals surface area contributed by atoms with Gasteiger partial charge in [-0.05, 0) is 88.1 Å². The first-order chi connectivity index (χ1) is 24.5. The van der Waals surface area contributed by atoms with E-state index in [4.69, 9.17) is 23.2 Å². The number of amides is 1. The van der Waals surface area contributed by atoms with E-state index in [0.29, 0.717) is 44.2 Å². The van der Waals surface area contributed by atoms with E-state index in [-0.39, 0.29) is 28.1 Å². The van der Waals surface area contributed by atoms with Crippen LogP contribution < -0.4 is 10.6 Å². The van der Waals surface area contributed by atoms with Crippen LogP contribution in [0.2, 0.25) is 10.0 Å². The molecule has 2 fully saturated rings. The summed E-state index contributed by atoms with van der Waals surface area (Å²) in [6, 6.07) is 17.2. The number of hydrogen-bond donors (Lipinski definition) is 2. The number of carbonyl (C=O) groups is 1. The number of fused-ring (bicyclic) bond motifs is 1. The zero-order chi connectivity index (χ0) is 35.9. The number of rotatable bonds is 8. The smallest absolute Gasteiger partial charge is 0.253 e. The molecule has 2 N–H and O–H groups in total. The SMILES string of the molecule is CC(C)(C)N1CCC(n2cc([C@@H](Nc3cc(Cl)cc4c(Nc5ccc(F)c(Cl)c5)c(C#N)cnc34)c3cccc(C(=O)N4CCC4)c3)nn2)CC1. The summed E-state index contributed by atoms with van der Waals surface area (Å²) in [5, 5.41) is 27.1. The van der Waals surface area contributed by atoms with Gasteiger partial charge in [-0.25, -0.2) is 9.07 Å². The second-order valence-electron chi connectivity index (χ2n) is 14.1. The molecule has 2 saturated heterocycles. The molecule has 51 heavy (non-hydrogen) atoms. The van der Waals surface area contributed by atoms with Crippen molar-refractivity contribution in [3.63, 3.8) is 0 Å². The van der Waals surface area contributed by atoms with Gasteiger partial charge in [-0.2, -0.15) is 5.26 Å². The third kappa shape index (κ3) is 7.22. The molecule has 0 unspecified atom stereocenters. The van der Waals surface area contributed by atoms with Crippen LogP contribution in [-0.2, 0) is 0 Å². The Morgan fingerprint density at radius 1 is 1.06 bits per heavy atom. The fourth-order valence-electron chi connectivity index (χ4n) is 6.75. The average Bonchev–Trinajstić information content (AvgIpc) is 3.58. The maximum absolute atomic E-state index is 14.0. The first-order valence-electron chi connectivity index (χ1n) is 17.1. The summed E-state index contributed by atoms with van der Waals surface area (Å²) < 4.78 is 15.9. The molecule has 4 heterocycles. The van der Waals surface area contributed by atoms with Crippen molar-refractivity contribution < 1.29 is 9.18 Å². The predicted molar refractivity (Wildman–Crippen MR) is 198 cm³/mol. The van der Waals surface area contributed by atoms with E-state index in [9.17, 15) is 14.4 Å². The molecule has 0 bridgehead atoms. The zero-order valence-electron chi connectivity index (χ0n) is 28.6. The lowest BCUT2D eigenvalue weighted by molar-refractivity contribution is 0.0651. The number of pyridine rings is 1. The summed E-state index contributed by atoms with van der Waals surface area (Å²) in [5.74, 6) is -0.558. The number of carbonyl (C=O) groups excluding carboxylic acids is 1. The van der Waals surface area contributed by atoms with Crippen LogP contribution in [0.5, 0.6) is 0 Å². The molecular weight excluding hydrogens is 688 g/mol. The number of likely N-dealkylation sites (tertiary alicyclic amines) is 2. The number of piperidine rings is 1. The maximum Gasteiger partial charge on any atom is 0.253 e. The number of halogens is 3. The Morgan fingerprint density at radius 3 is 2.53 bits per heavy atom. The van der Waals surface area contributed by atoms with Crippen molar-refractivity contribution in [2.45, 2.75) is 57.7 Å². The molecule has 3 aromatic carbocycles. The quantitative estimate of drug-likeness (QED) is 0.164. The van der Waals surface area contributed by atoms with Crippen LogP contribution in [0.3, 0.4) is 0 Å². The van der Waals surface area contributed by atoms with E-state index in [1.165, 1.54) is 18.3 Å². The highest BCUT2D eigenvalue weighted by Gasteiger charge is 2.30. The van der Waals surface area contributed by atoms with E-state index in [1.54, 1.807) is 18.2 Å². The monoisotopic (exact) mass is 725 g/mol.